The molecule has 2 fully saturated rings. The average Bonchev–Trinajstić information content (AvgIpc) is 3.35. The second-order valence-corrected chi connectivity index (χ2v) is 6.99. The Labute approximate surface area is 148 Å². The Balaban J connectivity index is 1.32. The minimum atomic E-state index is 0.641. The van der Waals surface area contributed by atoms with Gasteiger partial charge in [0.15, 0.2) is 0 Å². The van der Waals surface area contributed by atoms with Gasteiger partial charge in [-0.05, 0) is 37.1 Å². The lowest BCUT2D eigenvalue weighted by molar-refractivity contribution is 0.0868. The molecule has 1 aliphatic heterocycles. The number of benzene rings is 1. The minimum Gasteiger partial charge on any atom is -0.497 e. The van der Waals surface area contributed by atoms with Gasteiger partial charge in [0.1, 0.15) is 5.75 Å². The maximum absolute atomic E-state index is 5.46. The molecule has 0 radical (unpaired) electrons. The van der Waals surface area contributed by atoms with E-state index in [1.54, 1.807) is 7.11 Å². The first-order valence-corrected chi connectivity index (χ1v) is 9.25. The monoisotopic (exact) mass is 342 g/mol. The second kappa shape index (κ2) is 7.54. The first-order valence-electron chi connectivity index (χ1n) is 9.25. The Morgan fingerprint density at radius 1 is 1.08 bits per heavy atom. The third-order valence-electron chi connectivity index (χ3n) is 5.42. The SMILES string of the molecule is COc1ccc(-c2noc(CN3CCN(C4CCCC4)CC3)n2)cc1. The van der Waals surface area contributed by atoms with Crippen LogP contribution in [0, 0.1) is 0 Å². The van der Waals surface area contributed by atoms with Gasteiger partial charge in [-0.15, -0.1) is 0 Å². The Morgan fingerprint density at radius 2 is 1.80 bits per heavy atom. The van der Waals surface area contributed by atoms with Crippen LogP contribution >= 0.6 is 0 Å². The summed E-state index contributed by atoms with van der Waals surface area (Å²) in [6.07, 6.45) is 5.58. The van der Waals surface area contributed by atoms with Crippen molar-refractivity contribution in [1.29, 1.82) is 0 Å². The smallest absolute Gasteiger partial charge is 0.241 e. The fourth-order valence-electron chi connectivity index (χ4n) is 3.92. The van der Waals surface area contributed by atoms with Crippen molar-refractivity contribution in [1.82, 2.24) is 19.9 Å². The number of ether oxygens (including phenoxy) is 1. The molecule has 2 heterocycles. The van der Waals surface area contributed by atoms with E-state index in [2.05, 4.69) is 19.9 Å². The highest BCUT2D eigenvalue weighted by Gasteiger charge is 2.26. The van der Waals surface area contributed by atoms with Crippen molar-refractivity contribution < 1.29 is 9.26 Å². The molecular weight excluding hydrogens is 316 g/mol. The molecular formula is C19H26N4O2. The Kier molecular flexibility index (Phi) is 4.99. The molecule has 2 aromatic rings. The summed E-state index contributed by atoms with van der Waals surface area (Å²) in [5, 5.41) is 4.12. The summed E-state index contributed by atoms with van der Waals surface area (Å²) in [7, 11) is 1.66. The summed E-state index contributed by atoms with van der Waals surface area (Å²) in [5.74, 6) is 2.16. The van der Waals surface area contributed by atoms with Crippen LogP contribution < -0.4 is 4.74 Å². The summed E-state index contributed by atoms with van der Waals surface area (Å²) >= 11 is 0. The highest BCUT2D eigenvalue weighted by Crippen LogP contribution is 2.25. The van der Waals surface area contributed by atoms with Crippen molar-refractivity contribution in [2.24, 2.45) is 0 Å². The molecule has 1 aromatic heterocycles. The maximum atomic E-state index is 5.46. The number of aromatic nitrogens is 2. The van der Waals surface area contributed by atoms with E-state index in [1.807, 2.05) is 24.3 Å². The molecule has 0 spiro atoms. The topological polar surface area (TPSA) is 54.6 Å². The fourth-order valence-corrected chi connectivity index (χ4v) is 3.92. The van der Waals surface area contributed by atoms with Crippen LogP contribution in [0.15, 0.2) is 28.8 Å². The fraction of sp³-hybridized carbons (Fsp3) is 0.579. The second-order valence-electron chi connectivity index (χ2n) is 6.99. The van der Waals surface area contributed by atoms with Crippen LogP contribution in [0.3, 0.4) is 0 Å². The van der Waals surface area contributed by atoms with E-state index in [9.17, 15) is 0 Å². The van der Waals surface area contributed by atoms with Crippen molar-refractivity contribution >= 4 is 0 Å². The molecule has 0 bridgehead atoms. The van der Waals surface area contributed by atoms with E-state index in [1.165, 1.54) is 25.7 Å². The van der Waals surface area contributed by atoms with Gasteiger partial charge in [-0.1, -0.05) is 18.0 Å². The molecule has 134 valence electrons. The van der Waals surface area contributed by atoms with E-state index in [0.717, 1.165) is 50.1 Å². The summed E-state index contributed by atoms with van der Waals surface area (Å²) in [5.41, 5.74) is 0.946. The molecule has 0 unspecified atom stereocenters. The van der Waals surface area contributed by atoms with E-state index in [0.29, 0.717) is 11.7 Å². The van der Waals surface area contributed by atoms with Crippen LogP contribution in [0.2, 0.25) is 0 Å². The van der Waals surface area contributed by atoms with Gasteiger partial charge < -0.3 is 9.26 Å². The lowest BCUT2D eigenvalue weighted by Crippen LogP contribution is -2.49. The molecule has 1 aliphatic carbocycles. The van der Waals surface area contributed by atoms with E-state index >= 15 is 0 Å². The zero-order valence-corrected chi connectivity index (χ0v) is 14.9. The summed E-state index contributed by atoms with van der Waals surface area (Å²) in [6, 6.07) is 8.55. The van der Waals surface area contributed by atoms with Crippen molar-refractivity contribution in [3.63, 3.8) is 0 Å². The predicted molar refractivity (Wildman–Crippen MR) is 95.4 cm³/mol. The average molecular weight is 342 g/mol. The molecule has 1 aromatic carbocycles. The number of rotatable bonds is 5. The largest absolute Gasteiger partial charge is 0.497 e. The zero-order valence-electron chi connectivity index (χ0n) is 14.9. The van der Waals surface area contributed by atoms with Gasteiger partial charge >= 0.3 is 0 Å². The summed E-state index contributed by atoms with van der Waals surface area (Å²) in [4.78, 5) is 9.63. The molecule has 0 amide bonds. The molecule has 4 rings (SSSR count). The molecule has 0 atom stereocenters. The Hall–Kier alpha value is -1.92. The lowest BCUT2D eigenvalue weighted by Gasteiger charge is -2.37. The van der Waals surface area contributed by atoms with Gasteiger partial charge in [-0.2, -0.15) is 4.98 Å². The van der Waals surface area contributed by atoms with Gasteiger partial charge in [0.05, 0.1) is 13.7 Å². The van der Waals surface area contributed by atoms with Gasteiger partial charge in [0, 0.05) is 37.8 Å². The molecule has 6 nitrogen and oxygen atoms in total. The minimum absolute atomic E-state index is 0.641. The summed E-state index contributed by atoms with van der Waals surface area (Å²) in [6.45, 7) is 5.21. The zero-order chi connectivity index (χ0) is 17.1. The number of nitrogens with zero attached hydrogens (tertiary/aromatic N) is 4. The van der Waals surface area contributed by atoms with Crippen molar-refractivity contribution in [3.8, 4) is 17.1 Å². The Morgan fingerprint density at radius 3 is 2.48 bits per heavy atom. The van der Waals surface area contributed by atoms with Crippen LogP contribution in [0.4, 0.5) is 0 Å². The quantitative estimate of drug-likeness (QED) is 0.833. The van der Waals surface area contributed by atoms with E-state index in [-0.39, 0.29) is 0 Å². The van der Waals surface area contributed by atoms with Gasteiger partial charge in [0.2, 0.25) is 11.7 Å². The highest BCUT2D eigenvalue weighted by molar-refractivity contribution is 5.55. The van der Waals surface area contributed by atoms with Gasteiger partial charge in [-0.3, -0.25) is 9.80 Å². The lowest BCUT2D eigenvalue weighted by atomic mass is 10.2. The normalized spacial score (nSPS) is 20.2. The third-order valence-corrected chi connectivity index (χ3v) is 5.42. The van der Waals surface area contributed by atoms with Gasteiger partial charge in [-0.25, -0.2) is 0 Å². The molecule has 2 aliphatic rings. The first-order chi connectivity index (χ1) is 12.3. The number of hydrogen-bond donors (Lipinski definition) is 0. The molecule has 1 saturated heterocycles. The molecule has 6 heteroatoms. The standard InChI is InChI=1S/C19H26N4O2/c1-24-17-8-6-15(7-9-17)19-20-18(25-21-19)14-22-10-12-23(13-11-22)16-4-2-3-5-16/h6-9,16H,2-5,10-14H2,1H3. The number of methoxy groups -OCH3 is 1. The first kappa shape index (κ1) is 16.5. The Bertz CT molecular complexity index is 671. The molecule has 0 N–H and O–H groups in total. The van der Waals surface area contributed by atoms with E-state index < -0.39 is 0 Å². The van der Waals surface area contributed by atoms with Gasteiger partial charge in [0.25, 0.3) is 0 Å². The highest BCUT2D eigenvalue weighted by atomic mass is 16.5. The van der Waals surface area contributed by atoms with Crippen LogP contribution in [0.25, 0.3) is 11.4 Å². The van der Waals surface area contributed by atoms with Crippen LogP contribution in [0.5, 0.6) is 5.75 Å². The van der Waals surface area contributed by atoms with Crippen LogP contribution in [0.1, 0.15) is 31.6 Å². The van der Waals surface area contributed by atoms with Crippen molar-refractivity contribution in [3.05, 3.63) is 30.2 Å². The number of piperazine rings is 1. The summed E-state index contributed by atoms with van der Waals surface area (Å²) < 4.78 is 10.6. The number of hydrogen-bond acceptors (Lipinski definition) is 6. The van der Waals surface area contributed by atoms with Crippen LogP contribution in [-0.4, -0.2) is 59.3 Å². The van der Waals surface area contributed by atoms with Crippen LogP contribution in [-0.2, 0) is 6.54 Å². The van der Waals surface area contributed by atoms with Crippen molar-refractivity contribution in [2.45, 2.75) is 38.3 Å². The van der Waals surface area contributed by atoms with Crippen molar-refractivity contribution in [2.75, 3.05) is 33.3 Å². The maximum Gasteiger partial charge on any atom is 0.241 e. The predicted octanol–water partition coefficient (Wildman–Crippen LogP) is 2.81. The molecule has 1 saturated carbocycles. The molecule has 25 heavy (non-hydrogen) atoms. The van der Waals surface area contributed by atoms with E-state index in [4.69, 9.17) is 9.26 Å². The third kappa shape index (κ3) is 3.85.